The fourth-order valence-electron chi connectivity index (χ4n) is 3.36. The van der Waals surface area contributed by atoms with Crippen molar-refractivity contribution in [3.05, 3.63) is 23.8 Å². The molecular formula is C15H24. The molecular weight excluding hydrogens is 180 g/mol. The first-order chi connectivity index (χ1) is 7.04. The lowest BCUT2D eigenvalue weighted by Gasteiger charge is -2.47. The molecule has 0 N–H and O–H groups in total. The van der Waals surface area contributed by atoms with Crippen molar-refractivity contribution in [2.75, 3.05) is 0 Å². The number of fused-ring (bicyclic) bond motifs is 1. The topological polar surface area (TPSA) is 0 Å². The lowest BCUT2D eigenvalue weighted by Crippen LogP contribution is -2.35. The standard InChI is InChI=1S/C15H24/c1-11(2)13-8-9-15(4)12(3)6-5-7-14(15)10-13/h7,12-13H,1,5-6,8-10H2,2-4H3/t12-,13-,15-/m1/s1. The molecule has 2 aliphatic carbocycles. The summed E-state index contributed by atoms with van der Waals surface area (Å²) in [6.07, 6.45) is 9.23. The van der Waals surface area contributed by atoms with Crippen LogP contribution >= 0.6 is 0 Å². The molecule has 2 rings (SSSR count). The summed E-state index contributed by atoms with van der Waals surface area (Å²) in [5.74, 6) is 1.64. The zero-order valence-corrected chi connectivity index (χ0v) is 10.5. The molecule has 15 heavy (non-hydrogen) atoms. The molecule has 0 unspecified atom stereocenters. The van der Waals surface area contributed by atoms with Gasteiger partial charge in [-0.05, 0) is 56.3 Å². The quantitative estimate of drug-likeness (QED) is 0.542. The SMILES string of the molecule is C=C(C)[C@@H]1CC[C@@]2(C)C(=CCC[C@H]2C)C1. The first-order valence-corrected chi connectivity index (χ1v) is 6.39. The van der Waals surface area contributed by atoms with Gasteiger partial charge in [-0.15, -0.1) is 0 Å². The minimum Gasteiger partial charge on any atom is -0.0998 e. The molecule has 0 spiro atoms. The third kappa shape index (κ3) is 1.79. The van der Waals surface area contributed by atoms with Crippen LogP contribution in [0.5, 0.6) is 0 Å². The molecule has 3 atom stereocenters. The second-order valence-electron chi connectivity index (χ2n) is 5.91. The van der Waals surface area contributed by atoms with Crippen molar-refractivity contribution in [2.24, 2.45) is 17.3 Å². The second-order valence-corrected chi connectivity index (χ2v) is 5.91. The van der Waals surface area contributed by atoms with Gasteiger partial charge in [-0.3, -0.25) is 0 Å². The Kier molecular flexibility index (Phi) is 2.79. The largest absolute Gasteiger partial charge is 0.0998 e. The van der Waals surface area contributed by atoms with Crippen LogP contribution in [0, 0.1) is 17.3 Å². The summed E-state index contributed by atoms with van der Waals surface area (Å²) in [5.41, 5.74) is 3.64. The van der Waals surface area contributed by atoms with Gasteiger partial charge in [0.25, 0.3) is 0 Å². The van der Waals surface area contributed by atoms with E-state index in [9.17, 15) is 0 Å². The molecule has 1 saturated carbocycles. The Labute approximate surface area is 94.5 Å². The van der Waals surface area contributed by atoms with Crippen LogP contribution in [-0.2, 0) is 0 Å². The maximum absolute atomic E-state index is 4.13. The Bertz CT molecular complexity index is 297. The molecule has 0 radical (unpaired) electrons. The molecule has 0 aromatic rings. The summed E-state index contributed by atoms with van der Waals surface area (Å²) in [4.78, 5) is 0. The van der Waals surface area contributed by atoms with Crippen LogP contribution in [0.25, 0.3) is 0 Å². The van der Waals surface area contributed by atoms with Crippen LogP contribution in [0.3, 0.4) is 0 Å². The van der Waals surface area contributed by atoms with Crippen LogP contribution in [0.2, 0.25) is 0 Å². The van der Waals surface area contributed by atoms with Crippen LogP contribution in [0.4, 0.5) is 0 Å². The molecule has 0 nitrogen and oxygen atoms in total. The van der Waals surface area contributed by atoms with Crippen molar-refractivity contribution in [3.8, 4) is 0 Å². The predicted octanol–water partition coefficient (Wildman–Crippen LogP) is 4.73. The van der Waals surface area contributed by atoms with E-state index >= 15 is 0 Å². The van der Waals surface area contributed by atoms with Crippen LogP contribution in [-0.4, -0.2) is 0 Å². The third-order valence-electron chi connectivity index (χ3n) is 4.99. The normalized spacial score (nSPS) is 40.6. The van der Waals surface area contributed by atoms with Gasteiger partial charge in [-0.2, -0.15) is 0 Å². The highest BCUT2D eigenvalue weighted by molar-refractivity contribution is 5.23. The summed E-state index contributed by atoms with van der Waals surface area (Å²) in [7, 11) is 0. The second kappa shape index (κ2) is 3.81. The van der Waals surface area contributed by atoms with E-state index in [1.54, 1.807) is 5.57 Å². The van der Waals surface area contributed by atoms with E-state index in [4.69, 9.17) is 0 Å². The van der Waals surface area contributed by atoms with Gasteiger partial charge in [-0.1, -0.05) is 37.6 Å². The molecule has 1 fully saturated rings. The van der Waals surface area contributed by atoms with E-state index in [2.05, 4.69) is 33.4 Å². The molecule has 0 aromatic carbocycles. The van der Waals surface area contributed by atoms with Gasteiger partial charge in [0, 0.05) is 0 Å². The summed E-state index contributed by atoms with van der Waals surface area (Å²) < 4.78 is 0. The molecule has 0 bridgehead atoms. The van der Waals surface area contributed by atoms with E-state index in [0.29, 0.717) is 5.41 Å². The maximum Gasteiger partial charge on any atom is -0.00902 e. The molecule has 0 aromatic heterocycles. The van der Waals surface area contributed by atoms with Crippen molar-refractivity contribution in [2.45, 2.75) is 52.9 Å². The van der Waals surface area contributed by atoms with Gasteiger partial charge < -0.3 is 0 Å². The van der Waals surface area contributed by atoms with Crippen LogP contribution < -0.4 is 0 Å². The molecule has 0 heteroatoms. The zero-order valence-electron chi connectivity index (χ0n) is 10.5. The summed E-state index contributed by atoms with van der Waals surface area (Å²) in [6, 6.07) is 0. The van der Waals surface area contributed by atoms with E-state index in [1.807, 2.05) is 0 Å². The summed E-state index contributed by atoms with van der Waals surface area (Å²) in [6.45, 7) is 11.2. The van der Waals surface area contributed by atoms with Gasteiger partial charge in [0.15, 0.2) is 0 Å². The Morgan fingerprint density at radius 3 is 2.87 bits per heavy atom. The number of allylic oxidation sites excluding steroid dienone is 3. The highest BCUT2D eigenvalue weighted by Crippen LogP contribution is 2.52. The number of hydrogen-bond donors (Lipinski definition) is 0. The van der Waals surface area contributed by atoms with Crippen LogP contribution in [0.15, 0.2) is 23.8 Å². The summed E-state index contributed by atoms with van der Waals surface area (Å²) in [5, 5.41) is 0. The molecule has 0 amide bonds. The molecule has 84 valence electrons. The monoisotopic (exact) mass is 204 g/mol. The van der Waals surface area contributed by atoms with Gasteiger partial charge in [0.1, 0.15) is 0 Å². The molecule has 2 aliphatic rings. The number of hydrogen-bond acceptors (Lipinski definition) is 0. The van der Waals surface area contributed by atoms with E-state index in [0.717, 1.165) is 11.8 Å². The van der Waals surface area contributed by atoms with E-state index in [1.165, 1.54) is 37.7 Å². The molecule has 0 saturated heterocycles. The van der Waals surface area contributed by atoms with Gasteiger partial charge in [0.05, 0.1) is 0 Å². The summed E-state index contributed by atoms with van der Waals surface area (Å²) >= 11 is 0. The van der Waals surface area contributed by atoms with Crippen molar-refractivity contribution < 1.29 is 0 Å². The van der Waals surface area contributed by atoms with Gasteiger partial charge in [-0.25, -0.2) is 0 Å². The van der Waals surface area contributed by atoms with E-state index in [-0.39, 0.29) is 0 Å². The third-order valence-corrected chi connectivity index (χ3v) is 4.99. The fraction of sp³-hybridized carbons (Fsp3) is 0.733. The Hall–Kier alpha value is -0.520. The fourth-order valence-corrected chi connectivity index (χ4v) is 3.36. The number of rotatable bonds is 1. The first-order valence-electron chi connectivity index (χ1n) is 6.39. The lowest BCUT2D eigenvalue weighted by atomic mass is 9.58. The van der Waals surface area contributed by atoms with Gasteiger partial charge in [0.2, 0.25) is 0 Å². The lowest BCUT2D eigenvalue weighted by molar-refractivity contribution is 0.161. The minimum atomic E-state index is 0.518. The first kappa shape index (κ1) is 11.0. The highest BCUT2D eigenvalue weighted by Gasteiger charge is 2.40. The minimum absolute atomic E-state index is 0.518. The average molecular weight is 204 g/mol. The molecule has 0 aliphatic heterocycles. The van der Waals surface area contributed by atoms with Crippen molar-refractivity contribution >= 4 is 0 Å². The Morgan fingerprint density at radius 1 is 1.47 bits per heavy atom. The molecule has 0 heterocycles. The van der Waals surface area contributed by atoms with Crippen LogP contribution in [0.1, 0.15) is 52.9 Å². The average Bonchev–Trinajstić information content (AvgIpc) is 2.19. The highest BCUT2D eigenvalue weighted by atomic mass is 14.4. The zero-order chi connectivity index (χ0) is 11.1. The smallest absolute Gasteiger partial charge is 0.00902 e. The van der Waals surface area contributed by atoms with Crippen molar-refractivity contribution in [3.63, 3.8) is 0 Å². The maximum atomic E-state index is 4.13. The van der Waals surface area contributed by atoms with E-state index < -0.39 is 0 Å². The van der Waals surface area contributed by atoms with Crippen molar-refractivity contribution in [1.29, 1.82) is 0 Å². The Balaban J connectivity index is 2.21. The Morgan fingerprint density at radius 2 is 2.20 bits per heavy atom. The van der Waals surface area contributed by atoms with Crippen molar-refractivity contribution in [1.82, 2.24) is 0 Å². The predicted molar refractivity (Wildman–Crippen MR) is 66.7 cm³/mol. The van der Waals surface area contributed by atoms with Gasteiger partial charge >= 0.3 is 0 Å².